The molecule has 0 spiro atoms. The van der Waals surface area contributed by atoms with Crippen LogP contribution in [-0.4, -0.2) is 8.42 Å². The summed E-state index contributed by atoms with van der Waals surface area (Å²) in [6.07, 6.45) is 0. The van der Waals surface area contributed by atoms with Crippen molar-refractivity contribution in [3.63, 3.8) is 0 Å². The van der Waals surface area contributed by atoms with Crippen LogP contribution in [0.3, 0.4) is 0 Å². The Hall–Kier alpha value is -0.390. The fraction of sp³-hybridized carbons (Fsp3) is 0.143. The summed E-state index contributed by atoms with van der Waals surface area (Å²) < 4.78 is 47.0. The molecule has 0 aliphatic rings. The van der Waals surface area contributed by atoms with Crippen molar-refractivity contribution in [2.75, 3.05) is 0 Å². The van der Waals surface area contributed by atoms with Gasteiger partial charge in [0.05, 0.1) is 10.8 Å². The van der Waals surface area contributed by atoms with Crippen LogP contribution in [0.4, 0.5) is 8.78 Å². The molecule has 78 valence electrons. The maximum atomic E-state index is 13.1. The van der Waals surface area contributed by atoms with Crippen LogP contribution < -0.4 is 0 Å². The third-order valence-electron chi connectivity index (χ3n) is 1.40. The number of hydrogen-bond acceptors (Lipinski definition) is 2. The molecule has 0 amide bonds. The van der Waals surface area contributed by atoms with Gasteiger partial charge in [0.25, 0.3) is 0 Å². The molecule has 0 unspecified atom stereocenters. The third kappa shape index (κ3) is 3.08. The van der Waals surface area contributed by atoms with Gasteiger partial charge in [0, 0.05) is 16.2 Å². The molecule has 0 aromatic heterocycles. The SMILES string of the molecule is O=S(=O)(Cl)Cc1cc(F)cc(Cl)c1F. The molecular weight excluding hydrogens is 257 g/mol. The molecule has 0 fully saturated rings. The van der Waals surface area contributed by atoms with Gasteiger partial charge in [-0.1, -0.05) is 11.6 Å². The first-order chi connectivity index (χ1) is 6.29. The first kappa shape index (κ1) is 11.7. The Morgan fingerprint density at radius 2 is 1.86 bits per heavy atom. The van der Waals surface area contributed by atoms with Crippen molar-refractivity contribution in [1.29, 1.82) is 0 Å². The average Bonchev–Trinajstić information content (AvgIpc) is 1.96. The van der Waals surface area contributed by atoms with E-state index >= 15 is 0 Å². The lowest BCUT2D eigenvalue weighted by atomic mass is 10.2. The Kier molecular flexibility index (Phi) is 3.34. The van der Waals surface area contributed by atoms with E-state index in [-0.39, 0.29) is 5.56 Å². The third-order valence-corrected chi connectivity index (χ3v) is 2.65. The van der Waals surface area contributed by atoms with E-state index in [0.717, 1.165) is 12.1 Å². The summed E-state index contributed by atoms with van der Waals surface area (Å²) in [7, 11) is 0.958. The van der Waals surface area contributed by atoms with Gasteiger partial charge in [0.1, 0.15) is 11.6 Å². The van der Waals surface area contributed by atoms with Gasteiger partial charge in [-0.05, 0) is 12.1 Å². The highest BCUT2D eigenvalue weighted by Crippen LogP contribution is 2.22. The van der Waals surface area contributed by atoms with Gasteiger partial charge in [0.2, 0.25) is 9.05 Å². The molecule has 2 nitrogen and oxygen atoms in total. The second-order valence-corrected chi connectivity index (χ2v) is 5.73. The van der Waals surface area contributed by atoms with Crippen LogP contribution >= 0.6 is 22.3 Å². The quantitative estimate of drug-likeness (QED) is 0.605. The van der Waals surface area contributed by atoms with E-state index in [9.17, 15) is 17.2 Å². The van der Waals surface area contributed by atoms with Crippen LogP contribution in [0.2, 0.25) is 5.02 Å². The first-order valence-electron chi connectivity index (χ1n) is 3.35. The predicted octanol–water partition coefficient (Wildman–Crippen LogP) is 2.69. The molecule has 14 heavy (non-hydrogen) atoms. The van der Waals surface area contributed by atoms with E-state index in [0.29, 0.717) is 0 Å². The standard InChI is InChI=1S/C7H4Cl2F2O2S/c8-6-2-5(10)1-4(7(6)11)3-14(9,12)13/h1-2H,3H2. The van der Waals surface area contributed by atoms with Crippen LogP contribution in [0.15, 0.2) is 12.1 Å². The zero-order valence-electron chi connectivity index (χ0n) is 6.60. The van der Waals surface area contributed by atoms with Gasteiger partial charge < -0.3 is 0 Å². The molecule has 0 radical (unpaired) electrons. The van der Waals surface area contributed by atoms with Crippen molar-refractivity contribution in [2.45, 2.75) is 5.75 Å². The van der Waals surface area contributed by atoms with Crippen LogP contribution in [0.1, 0.15) is 5.56 Å². The lowest BCUT2D eigenvalue weighted by Crippen LogP contribution is -1.99. The van der Waals surface area contributed by atoms with E-state index in [1.807, 2.05) is 0 Å². The minimum absolute atomic E-state index is 0.384. The van der Waals surface area contributed by atoms with E-state index < -0.39 is 31.5 Å². The van der Waals surface area contributed by atoms with Gasteiger partial charge in [-0.3, -0.25) is 0 Å². The molecular formula is C7H4Cl2F2O2S. The maximum Gasteiger partial charge on any atom is 0.236 e. The second kappa shape index (κ2) is 4.00. The number of hydrogen-bond donors (Lipinski definition) is 0. The summed E-state index contributed by atoms with van der Waals surface area (Å²) in [5, 5.41) is -0.472. The summed E-state index contributed by atoms with van der Waals surface area (Å²) >= 11 is 5.30. The predicted molar refractivity (Wildman–Crippen MR) is 49.8 cm³/mol. The van der Waals surface area contributed by atoms with E-state index in [1.165, 1.54) is 0 Å². The van der Waals surface area contributed by atoms with Crippen LogP contribution in [0, 0.1) is 11.6 Å². The van der Waals surface area contributed by atoms with Gasteiger partial charge in [-0.15, -0.1) is 0 Å². The molecule has 0 heterocycles. The van der Waals surface area contributed by atoms with Crippen molar-refractivity contribution in [3.05, 3.63) is 34.4 Å². The minimum Gasteiger partial charge on any atom is -0.212 e. The highest BCUT2D eigenvalue weighted by molar-refractivity contribution is 8.13. The lowest BCUT2D eigenvalue weighted by Gasteiger charge is -2.02. The zero-order chi connectivity index (χ0) is 10.9. The molecule has 0 aliphatic carbocycles. The summed E-state index contributed by atoms with van der Waals surface area (Å²) in [6, 6.07) is 1.49. The second-order valence-electron chi connectivity index (χ2n) is 2.54. The van der Waals surface area contributed by atoms with E-state index in [2.05, 4.69) is 0 Å². The average molecular weight is 261 g/mol. The number of rotatable bonds is 2. The Morgan fingerprint density at radius 1 is 1.29 bits per heavy atom. The summed E-state index contributed by atoms with van der Waals surface area (Å²) in [4.78, 5) is 0. The fourth-order valence-electron chi connectivity index (χ4n) is 0.900. The number of halogens is 4. The molecule has 1 aromatic carbocycles. The van der Waals surface area contributed by atoms with Gasteiger partial charge in [-0.2, -0.15) is 0 Å². The molecule has 1 aromatic rings. The molecule has 0 bridgehead atoms. The maximum absolute atomic E-state index is 13.1. The van der Waals surface area contributed by atoms with Crippen LogP contribution in [-0.2, 0) is 14.8 Å². The smallest absolute Gasteiger partial charge is 0.212 e. The van der Waals surface area contributed by atoms with Crippen molar-refractivity contribution in [2.24, 2.45) is 0 Å². The Morgan fingerprint density at radius 3 is 2.36 bits per heavy atom. The topological polar surface area (TPSA) is 34.1 Å². The van der Waals surface area contributed by atoms with Gasteiger partial charge >= 0.3 is 0 Å². The van der Waals surface area contributed by atoms with Crippen LogP contribution in [0.5, 0.6) is 0 Å². The monoisotopic (exact) mass is 260 g/mol. The Bertz CT molecular complexity index is 459. The van der Waals surface area contributed by atoms with Crippen molar-refractivity contribution < 1.29 is 17.2 Å². The molecule has 0 saturated heterocycles. The largest absolute Gasteiger partial charge is 0.236 e. The summed E-state index contributed by atoms with van der Waals surface area (Å²) in [5.41, 5.74) is -0.384. The summed E-state index contributed by atoms with van der Waals surface area (Å²) in [5.74, 6) is -2.58. The lowest BCUT2D eigenvalue weighted by molar-refractivity contribution is 0.584. The first-order valence-corrected chi connectivity index (χ1v) is 6.21. The van der Waals surface area contributed by atoms with Crippen molar-refractivity contribution in [3.8, 4) is 0 Å². The molecule has 7 heteroatoms. The molecule has 0 N–H and O–H groups in total. The highest BCUT2D eigenvalue weighted by atomic mass is 35.7. The molecule has 0 aliphatic heterocycles. The van der Waals surface area contributed by atoms with E-state index in [4.69, 9.17) is 22.3 Å². The Labute approximate surface area is 88.9 Å². The van der Waals surface area contributed by atoms with E-state index in [1.54, 1.807) is 0 Å². The molecule has 1 rings (SSSR count). The zero-order valence-corrected chi connectivity index (χ0v) is 8.93. The van der Waals surface area contributed by atoms with Crippen LogP contribution in [0.25, 0.3) is 0 Å². The Balaban J connectivity index is 3.22. The highest BCUT2D eigenvalue weighted by Gasteiger charge is 2.15. The minimum atomic E-state index is -3.93. The molecule has 0 saturated carbocycles. The normalized spacial score (nSPS) is 11.7. The fourth-order valence-corrected chi connectivity index (χ4v) is 2.06. The molecule has 0 atom stereocenters. The summed E-state index contributed by atoms with van der Waals surface area (Å²) in [6.45, 7) is 0. The van der Waals surface area contributed by atoms with Crippen molar-refractivity contribution >= 4 is 31.3 Å². The van der Waals surface area contributed by atoms with Gasteiger partial charge in [-0.25, -0.2) is 17.2 Å². The number of benzene rings is 1. The van der Waals surface area contributed by atoms with Gasteiger partial charge in [0.15, 0.2) is 0 Å². The van der Waals surface area contributed by atoms with Crippen molar-refractivity contribution in [1.82, 2.24) is 0 Å².